The lowest BCUT2D eigenvalue weighted by Gasteiger charge is -2.15. The molecule has 0 atom stereocenters. The number of hydrogen-bond acceptors (Lipinski definition) is 8. The van der Waals surface area contributed by atoms with Crippen molar-refractivity contribution in [2.24, 2.45) is 5.10 Å². The number of nitro groups is 1. The average molecular weight is 579 g/mol. The lowest BCUT2D eigenvalue weighted by molar-refractivity contribution is -0.384. The van der Waals surface area contributed by atoms with Gasteiger partial charge < -0.3 is 9.47 Å². The van der Waals surface area contributed by atoms with Gasteiger partial charge in [-0.15, -0.1) is 11.3 Å². The number of non-ortho nitro benzene ring substituents is 1. The van der Waals surface area contributed by atoms with Gasteiger partial charge in [0.05, 0.1) is 38.7 Å². The van der Waals surface area contributed by atoms with Crippen LogP contribution in [-0.4, -0.2) is 23.7 Å². The van der Waals surface area contributed by atoms with Crippen molar-refractivity contribution < 1.29 is 19.2 Å². The van der Waals surface area contributed by atoms with Crippen molar-refractivity contribution >= 4 is 55.2 Å². The fraction of sp³-hybridized carbons (Fsp3) is 0.115. The summed E-state index contributed by atoms with van der Waals surface area (Å²) in [6.45, 7) is 2.44. The van der Waals surface area contributed by atoms with Crippen LogP contribution in [0.2, 0.25) is 0 Å². The highest BCUT2D eigenvalue weighted by Gasteiger charge is 2.15. The standard InChI is InChI=1S/C26H19BrN4O5S/c1-2-35-22-10-16(9-21(27)25(22)36-15-18-6-4-3-5-17(18)13-28)14-29-30-26(32)24-12-19-11-20(31(33)34)7-8-23(19)37-24/h3-12,14H,2,15H2,1H3,(H,30,32)/b29-14-. The highest BCUT2D eigenvalue weighted by atomic mass is 79.9. The van der Waals surface area contributed by atoms with Gasteiger partial charge in [0, 0.05) is 27.8 Å². The molecule has 0 fully saturated rings. The number of hydrazone groups is 1. The molecule has 9 nitrogen and oxygen atoms in total. The number of nitrogens with zero attached hydrogens (tertiary/aromatic N) is 3. The molecule has 0 bridgehead atoms. The van der Waals surface area contributed by atoms with Crippen molar-refractivity contribution in [3.05, 3.63) is 96.8 Å². The first-order valence-electron chi connectivity index (χ1n) is 11.0. The number of carbonyl (C=O) groups excluding carboxylic acids is 1. The molecule has 4 aromatic rings. The van der Waals surface area contributed by atoms with Gasteiger partial charge in [-0.2, -0.15) is 10.4 Å². The molecule has 1 aromatic heterocycles. The SMILES string of the molecule is CCOc1cc(/C=N\NC(=O)c2cc3cc([N+](=O)[O-])ccc3s2)cc(Br)c1OCc1ccccc1C#N. The zero-order valence-electron chi connectivity index (χ0n) is 19.4. The van der Waals surface area contributed by atoms with Crippen LogP contribution in [0.5, 0.6) is 11.5 Å². The van der Waals surface area contributed by atoms with E-state index in [0.717, 1.165) is 10.3 Å². The monoisotopic (exact) mass is 578 g/mol. The molecule has 37 heavy (non-hydrogen) atoms. The molecule has 1 heterocycles. The average Bonchev–Trinajstić information content (AvgIpc) is 3.32. The van der Waals surface area contributed by atoms with Crippen LogP contribution in [0, 0.1) is 21.4 Å². The second kappa shape index (κ2) is 11.6. The third-order valence-electron chi connectivity index (χ3n) is 5.16. The van der Waals surface area contributed by atoms with E-state index in [9.17, 15) is 20.2 Å². The minimum Gasteiger partial charge on any atom is -0.490 e. The molecule has 0 aliphatic carbocycles. The Hall–Kier alpha value is -4.27. The largest absolute Gasteiger partial charge is 0.490 e. The van der Waals surface area contributed by atoms with E-state index in [1.54, 1.807) is 36.4 Å². The number of carbonyl (C=O) groups is 1. The Bertz CT molecular complexity index is 1560. The molecule has 0 saturated carbocycles. The third-order valence-corrected chi connectivity index (χ3v) is 6.86. The zero-order valence-corrected chi connectivity index (χ0v) is 21.8. The number of benzene rings is 3. The predicted octanol–water partition coefficient (Wildman–Crippen LogP) is 6.19. The maximum absolute atomic E-state index is 12.6. The lowest BCUT2D eigenvalue weighted by Crippen LogP contribution is -2.16. The number of hydrogen-bond donors (Lipinski definition) is 1. The minimum absolute atomic E-state index is 0.0346. The van der Waals surface area contributed by atoms with Crippen LogP contribution >= 0.6 is 27.3 Å². The fourth-order valence-corrected chi connectivity index (χ4v) is 4.95. The topological polar surface area (TPSA) is 127 Å². The summed E-state index contributed by atoms with van der Waals surface area (Å²) >= 11 is 4.72. The Kier molecular flexibility index (Phi) is 8.12. The van der Waals surface area contributed by atoms with E-state index in [2.05, 4.69) is 32.5 Å². The molecule has 4 rings (SSSR count). The number of thiophene rings is 1. The van der Waals surface area contributed by atoms with Crippen molar-refractivity contribution in [3.63, 3.8) is 0 Å². The molecule has 0 saturated heterocycles. The van der Waals surface area contributed by atoms with Crippen molar-refractivity contribution in [2.75, 3.05) is 6.61 Å². The van der Waals surface area contributed by atoms with Crippen molar-refractivity contribution in [3.8, 4) is 17.6 Å². The zero-order chi connectivity index (χ0) is 26.4. The summed E-state index contributed by atoms with van der Waals surface area (Å²) in [5, 5.41) is 24.9. The van der Waals surface area contributed by atoms with Gasteiger partial charge in [-0.1, -0.05) is 18.2 Å². The number of amides is 1. The summed E-state index contributed by atoms with van der Waals surface area (Å²) in [4.78, 5) is 23.4. The van der Waals surface area contributed by atoms with Crippen LogP contribution in [0.4, 0.5) is 5.69 Å². The molecule has 11 heteroatoms. The minimum atomic E-state index is -0.475. The Morgan fingerprint density at radius 3 is 2.78 bits per heavy atom. The molecule has 0 unspecified atom stereocenters. The van der Waals surface area contributed by atoms with Crippen molar-refractivity contribution in [1.29, 1.82) is 5.26 Å². The van der Waals surface area contributed by atoms with Crippen LogP contribution in [0.15, 0.2) is 70.2 Å². The molecule has 0 spiro atoms. The Morgan fingerprint density at radius 2 is 2.03 bits per heavy atom. The number of nitrogens with one attached hydrogen (secondary N) is 1. The summed E-state index contributed by atoms with van der Waals surface area (Å²) in [7, 11) is 0. The summed E-state index contributed by atoms with van der Waals surface area (Å²) < 4.78 is 13.1. The van der Waals surface area contributed by atoms with E-state index < -0.39 is 10.8 Å². The fourth-order valence-electron chi connectivity index (χ4n) is 3.45. The summed E-state index contributed by atoms with van der Waals surface area (Å²) in [6.07, 6.45) is 1.47. The molecule has 1 amide bonds. The van der Waals surface area contributed by atoms with E-state index in [4.69, 9.17) is 9.47 Å². The molecule has 186 valence electrons. The van der Waals surface area contributed by atoms with Crippen LogP contribution in [0.1, 0.15) is 33.3 Å². The lowest BCUT2D eigenvalue weighted by atomic mass is 10.1. The maximum Gasteiger partial charge on any atom is 0.281 e. The maximum atomic E-state index is 12.6. The second-order valence-corrected chi connectivity index (χ2v) is 9.55. The van der Waals surface area contributed by atoms with E-state index in [1.807, 2.05) is 19.1 Å². The van der Waals surface area contributed by atoms with E-state index in [-0.39, 0.29) is 12.3 Å². The first kappa shape index (κ1) is 25.8. The summed E-state index contributed by atoms with van der Waals surface area (Å²) in [6, 6.07) is 18.9. The number of nitriles is 1. The third kappa shape index (κ3) is 6.11. The van der Waals surface area contributed by atoms with Crippen LogP contribution in [0.3, 0.4) is 0 Å². The number of ether oxygens (including phenoxy) is 2. The van der Waals surface area contributed by atoms with Gasteiger partial charge in [-0.25, -0.2) is 5.43 Å². The number of fused-ring (bicyclic) bond motifs is 1. The highest BCUT2D eigenvalue weighted by molar-refractivity contribution is 9.10. The van der Waals surface area contributed by atoms with Gasteiger partial charge >= 0.3 is 0 Å². The van der Waals surface area contributed by atoms with Crippen LogP contribution in [0.25, 0.3) is 10.1 Å². The van der Waals surface area contributed by atoms with E-state index in [1.165, 1.54) is 29.7 Å². The molecule has 0 aliphatic heterocycles. The van der Waals surface area contributed by atoms with Gasteiger partial charge in [-0.3, -0.25) is 14.9 Å². The van der Waals surface area contributed by atoms with Gasteiger partial charge in [0.15, 0.2) is 11.5 Å². The molecule has 1 N–H and O–H groups in total. The molecular weight excluding hydrogens is 560 g/mol. The Morgan fingerprint density at radius 1 is 1.22 bits per heavy atom. The molecule has 0 aliphatic rings. The Balaban J connectivity index is 1.48. The quantitative estimate of drug-likeness (QED) is 0.143. The second-order valence-electron chi connectivity index (χ2n) is 7.61. The predicted molar refractivity (Wildman–Crippen MR) is 144 cm³/mol. The van der Waals surface area contributed by atoms with Crippen molar-refractivity contribution in [1.82, 2.24) is 5.43 Å². The van der Waals surface area contributed by atoms with E-state index in [0.29, 0.717) is 44.0 Å². The van der Waals surface area contributed by atoms with Gasteiger partial charge in [0.1, 0.15) is 6.61 Å². The van der Waals surface area contributed by atoms with Crippen LogP contribution in [-0.2, 0) is 6.61 Å². The summed E-state index contributed by atoms with van der Waals surface area (Å²) in [5.74, 6) is 0.528. The molecule has 3 aromatic carbocycles. The smallest absolute Gasteiger partial charge is 0.281 e. The van der Waals surface area contributed by atoms with E-state index >= 15 is 0 Å². The van der Waals surface area contributed by atoms with Gasteiger partial charge in [-0.05, 0) is 58.7 Å². The number of halogens is 1. The first-order valence-corrected chi connectivity index (χ1v) is 12.6. The highest BCUT2D eigenvalue weighted by Crippen LogP contribution is 2.37. The summed E-state index contributed by atoms with van der Waals surface area (Å²) in [5.41, 5.74) is 4.38. The van der Waals surface area contributed by atoms with Crippen molar-refractivity contribution in [2.45, 2.75) is 13.5 Å². The van der Waals surface area contributed by atoms with Gasteiger partial charge in [0.25, 0.3) is 11.6 Å². The number of rotatable bonds is 9. The van der Waals surface area contributed by atoms with Gasteiger partial charge in [0.2, 0.25) is 0 Å². The van der Waals surface area contributed by atoms with Crippen LogP contribution < -0.4 is 14.9 Å². The first-order chi connectivity index (χ1) is 17.9. The molecule has 0 radical (unpaired) electrons. The normalized spacial score (nSPS) is 10.8. The Labute approximate surface area is 224 Å². The molecular formula is C26H19BrN4O5S. The number of nitro benzene ring substituents is 1.